The lowest BCUT2D eigenvalue weighted by atomic mass is 10.2. The highest BCUT2D eigenvalue weighted by molar-refractivity contribution is 5.96. The van der Waals surface area contributed by atoms with Gasteiger partial charge in [0, 0.05) is 18.5 Å². The smallest absolute Gasteiger partial charge is 0.419 e. The van der Waals surface area contributed by atoms with E-state index in [0.717, 1.165) is 0 Å². The van der Waals surface area contributed by atoms with Crippen molar-refractivity contribution >= 4 is 22.9 Å². The molecule has 1 aliphatic heterocycles. The monoisotopic (exact) mass is 369 g/mol. The van der Waals surface area contributed by atoms with Gasteiger partial charge in [0.1, 0.15) is 0 Å². The fourth-order valence-electron chi connectivity index (χ4n) is 2.74. The van der Waals surface area contributed by atoms with Crippen molar-refractivity contribution in [2.75, 3.05) is 6.79 Å². The second-order valence-electron chi connectivity index (χ2n) is 5.81. The van der Waals surface area contributed by atoms with E-state index < -0.39 is 17.6 Å². The van der Waals surface area contributed by atoms with Gasteiger partial charge in [-0.3, -0.25) is 25.0 Å². The molecule has 0 spiro atoms. The summed E-state index contributed by atoms with van der Waals surface area (Å²) in [5.41, 5.74) is 6.03. The van der Waals surface area contributed by atoms with E-state index >= 15 is 0 Å². The highest BCUT2D eigenvalue weighted by atomic mass is 16.7. The molecule has 138 valence electrons. The van der Waals surface area contributed by atoms with Gasteiger partial charge in [-0.1, -0.05) is 12.1 Å². The number of amides is 2. The van der Waals surface area contributed by atoms with E-state index in [9.17, 15) is 14.4 Å². The van der Waals surface area contributed by atoms with Crippen LogP contribution in [0, 0.1) is 0 Å². The van der Waals surface area contributed by atoms with Crippen molar-refractivity contribution < 1.29 is 23.5 Å². The van der Waals surface area contributed by atoms with Crippen molar-refractivity contribution in [2.24, 2.45) is 0 Å². The Labute approximate surface area is 152 Å². The van der Waals surface area contributed by atoms with Crippen LogP contribution in [0.2, 0.25) is 0 Å². The summed E-state index contributed by atoms with van der Waals surface area (Å²) >= 11 is 0. The normalized spacial score (nSPS) is 12.1. The first kappa shape index (κ1) is 16.7. The highest BCUT2D eigenvalue weighted by Crippen LogP contribution is 2.32. The van der Waals surface area contributed by atoms with E-state index in [1.54, 1.807) is 36.4 Å². The van der Waals surface area contributed by atoms with Crippen LogP contribution in [-0.4, -0.2) is 23.2 Å². The molecule has 0 atom stereocenters. The molecule has 0 aliphatic carbocycles. The molecule has 0 unspecified atom stereocenters. The molecule has 4 rings (SSSR count). The number of rotatable bonds is 4. The number of aryl methyl sites for hydroxylation is 1. The Morgan fingerprint density at radius 3 is 2.74 bits per heavy atom. The quantitative estimate of drug-likeness (QED) is 0.668. The molecule has 2 N–H and O–H groups in total. The minimum absolute atomic E-state index is 0.00907. The summed E-state index contributed by atoms with van der Waals surface area (Å²) in [4.78, 5) is 36.0. The molecule has 27 heavy (non-hydrogen) atoms. The Kier molecular flexibility index (Phi) is 4.25. The lowest BCUT2D eigenvalue weighted by Gasteiger charge is -2.08. The molecule has 0 saturated carbocycles. The molecule has 1 aliphatic rings. The lowest BCUT2D eigenvalue weighted by molar-refractivity contribution is -0.122. The molecule has 2 amide bonds. The molecule has 2 aromatic carbocycles. The minimum Gasteiger partial charge on any atom is -0.454 e. The van der Waals surface area contributed by atoms with Crippen LogP contribution in [0.5, 0.6) is 11.5 Å². The number of hydrogen-bond donors (Lipinski definition) is 2. The number of para-hydroxylation sites is 2. The number of nitrogens with zero attached hydrogens (tertiary/aromatic N) is 1. The standard InChI is InChI=1S/C18H15N3O6/c22-16(7-8-21-12-3-1-2-4-13(12)27-18(21)24)19-20-17(23)11-5-6-14-15(9-11)26-10-25-14/h1-6,9H,7-8,10H2,(H,19,22)(H,20,23). The molecule has 1 aromatic heterocycles. The number of nitrogens with one attached hydrogen (secondary N) is 2. The number of ether oxygens (including phenoxy) is 2. The summed E-state index contributed by atoms with van der Waals surface area (Å²) in [5.74, 6) is -0.434. The third-order valence-corrected chi connectivity index (χ3v) is 4.09. The maximum Gasteiger partial charge on any atom is 0.419 e. The van der Waals surface area contributed by atoms with Crippen LogP contribution in [0.15, 0.2) is 51.7 Å². The fraction of sp³-hybridized carbons (Fsp3) is 0.167. The van der Waals surface area contributed by atoms with E-state index in [2.05, 4.69) is 10.9 Å². The van der Waals surface area contributed by atoms with Crippen LogP contribution in [0.25, 0.3) is 11.1 Å². The summed E-state index contributed by atoms with van der Waals surface area (Å²) in [6.07, 6.45) is -0.00907. The van der Waals surface area contributed by atoms with Crippen LogP contribution in [0.4, 0.5) is 0 Å². The van der Waals surface area contributed by atoms with Gasteiger partial charge in [0.15, 0.2) is 17.1 Å². The van der Waals surface area contributed by atoms with Gasteiger partial charge in [-0.05, 0) is 30.3 Å². The van der Waals surface area contributed by atoms with Crippen LogP contribution in [-0.2, 0) is 11.3 Å². The molecule has 2 heterocycles. The van der Waals surface area contributed by atoms with Gasteiger partial charge in [-0.15, -0.1) is 0 Å². The van der Waals surface area contributed by atoms with Crippen LogP contribution >= 0.6 is 0 Å². The summed E-state index contributed by atoms with van der Waals surface area (Å²) in [6, 6.07) is 11.7. The zero-order valence-electron chi connectivity index (χ0n) is 14.1. The Morgan fingerprint density at radius 2 is 1.85 bits per heavy atom. The SMILES string of the molecule is O=C(CCn1c(=O)oc2ccccc21)NNC(=O)c1ccc2c(c1)OCO2. The van der Waals surface area contributed by atoms with Gasteiger partial charge in [0.05, 0.1) is 5.52 Å². The Balaban J connectivity index is 1.34. The third kappa shape index (κ3) is 3.34. The van der Waals surface area contributed by atoms with E-state index in [1.165, 1.54) is 10.6 Å². The number of benzene rings is 2. The molecule has 0 saturated heterocycles. The number of fused-ring (bicyclic) bond motifs is 2. The van der Waals surface area contributed by atoms with Crippen LogP contribution < -0.4 is 26.1 Å². The first-order valence-corrected chi connectivity index (χ1v) is 8.19. The fourth-order valence-corrected chi connectivity index (χ4v) is 2.74. The number of aromatic nitrogens is 1. The molecule has 9 heteroatoms. The maximum atomic E-state index is 12.1. The summed E-state index contributed by atoms with van der Waals surface area (Å²) < 4.78 is 16.9. The average molecular weight is 369 g/mol. The Bertz CT molecular complexity index is 1080. The van der Waals surface area contributed by atoms with E-state index in [-0.39, 0.29) is 19.8 Å². The van der Waals surface area contributed by atoms with Crippen molar-refractivity contribution in [3.63, 3.8) is 0 Å². The van der Waals surface area contributed by atoms with Crippen LogP contribution in [0.1, 0.15) is 16.8 Å². The minimum atomic E-state index is -0.534. The zero-order valence-corrected chi connectivity index (χ0v) is 14.1. The van der Waals surface area contributed by atoms with Crippen molar-refractivity contribution in [3.8, 4) is 11.5 Å². The second kappa shape index (κ2) is 6.87. The second-order valence-corrected chi connectivity index (χ2v) is 5.81. The Hall–Kier alpha value is -3.75. The van der Waals surface area contributed by atoms with E-state index in [1.807, 2.05) is 0 Å². The van der Waals surface area contributed by atoms with Crippen molar-refractivity contribution in [1.29, 1.82) is 0 Å². The molecule has 0 fully saturated rings. The van der Waals surface area contributed by atoms with E-state index in [4.69, 9.17) is 13.9 Å². The van der Waals surface area contributed by atoms with Gasteiger partial charge >= 0.3 is 5.76 Å². The van der Waals surface area contributed by atoms with Gasteiger partial charge in [-0.2, -0.15) is 0 Å². The molecular formula is C18H15N3O6. The predicted octanol–water partition coefficient (Wildman–Crippen LogP) is 1.17. The maximum absolute atomic E-state index is 12.1. The Morgan fingerprint density at radius 1 is 1.04 bits per heavy atom. The van der Waals surface area contributed by atoms with Crippen molar-refractivity contribution in [2.45, 2.75) is 13.0 Å². The zero-order chi connectivity index (χ0) is 18.8. The summed E-state index contributed by atoms with van der Waals surface area (Å²) in [7, 11) is 0. The number of hydrogen-bond acceptors (Lipinski definition) is 6. The third-order valence-electron chi connectivity index (χ3n) is 4.09. The van der Waals surface area contributed by atoms with Gasteiger partial charge < -0.3 is 13.9 Å². The van der Waals surface area contributed by atoms with Gasteiger partial charge in [0.25, 0.3) is 5.91 Å². The van der Waals surface area contributed by atoms with Gasteiger partial charge in [0.2, 0.25) is 12.7 Å². The summed E-state index contributed by atoms with van der Waals surface area (Å²) in [6.45, 7) is 0.237. The molecule has 0 radical (unpaired) electrons. The molecule has 0 bridgehead atoms. The highest BCUT2D eigenvalue weighted by Gasteiger charge is 2.17. The molecular weight excluding hydrogens is 354 g/mol. The first-order valence-electron chi connectivity index (χ1n) is 8.19. The summed E-state index contributed by atoms with van der Waals surface area (Å²) in [5, 5.41) is 0. The topological polar surface area (TPSA) is 112 Å². The number of carbonyl (C=O) groups excluding carboxylic acids is 2. The average Bonchev–Trinajstić information content (AvgIpc) is 3.27. The van der Waals surface area contributed by atoms with Gasteiger partial charge in [-0.25, -0.2) is 4.79 Å². The predicted molar refractivity (Wildman–Crippen MR) is 93.3 cm³/mol. The molecule has 3 aromatic rings. The van der Waals surface area contributed by atoms with E-state index in [0.29, 0.717) is 28.2 Å². The number of oxazole rings is 1. The largest absolute Gasteiger partial charge is 0.454 e. The first-order chi connectivity index (χ1) is 13.1. The van der Waals surface area contributed by atoms with Crippen molar-refractivity contribution in [3.05, 3.63) is 58.6 Å². The number of carbonyl (C=O) groups is 2. The lowest BCUT2D eigenvalue weighted by Crippen LogP contribution is -2.42. The molecule has 9 nitrogen and oxygen atoms in total. The number of hydrazine groups is 1. The van der Waals surface area contributed by atoms with Crippen molar-refractivity contribution in [1.82, 2.24) is 15.4 Å². The van der Waals surface area contributed by atoms with Crippen LogP contribution in [0.3, 0.4) is 0 Å².